The molecular weight excluding hydrogens is 396 g/mol. The first kappa shape index (κ1) is 22.2. The van der Waals surface area contributed by atoms with Crippen molar-refractivity contribution in [3.8, 4) is 0 Å². The zero-order valence-corrected chi connectivity index (χ0v) is 18.8. The van der Waals surface area contributed by atoms with Crippen LogP contribution in [0.1, 0.15) is 47.9 Å². The Morgan fingerprint density at radius 3 is 2.16 bits per heavy atom. The van der Waals surface area contributed by atoms with Crippen molar-refractivity contribution in [2.45, 2.75) is 45.3 Å². The maximum absolute atomic E-state index is 12.9. The number of rotatable bonds is 8. The summed E-state index contributed by atoms with van der Waals surface area (Å²) in [5.74, 6) is 0.826. The first-order valence-corrected chi connectivity index (χ1v) is 11.6. The number of amides is 1. The van der Waals surface area contributed by atoms with Gasteiger partial charge in [0.1, 0.15) is 0 Å². The van der Waals surface area contributed by atoms with Crippen molar-refractivity contribution in [2.75, 3.05) is 13.1 Å². The molecule has 0 bridgehead atoms. The second kappa shape index (κ2) is 11.1. The number of piperidine rings is 1. The van der Waals surface area contributed by atoms with Crippen LogP contribution in [0.3, 0.4) is 0 Å². The molecule has 1 saturated heterocycles. The summed E-state index contributed by atoms with van der Waals surface area (Å²) in [5.41, 5.74) is 4.80. The number of hydrogen-bond acceptors (Lipinski definition) is 3. The van der Waals surface area contributed by atoms with Crippen LogP contribution in [0.25, 0.3) is 0 Å². The zero-order chi connectivity index (χ0) is 22.2. The van der Waals surface area contributed by atoms with Crippen LogP contribution in [-0.2, 0) is 29.2 Å². The summed E-state index contributed by atoms with van der Waals surface area (Å²) in [6.07, 6.45) is 6.80. The summed E-state index contributed by atoms with van der Waals surface area (Å²) in [6, 6.07) is 22.8. The molecule has 4 nitrogen and oxygen atoms in total. The van der Waals surface area contributed by atoms with E-state index in [9.17, 15) is 4.79 Å². The van der Waals surface area contributed by atoms with Gasteiger partial charge in [-0.15, -0.1) is 0 Å². The molecule has 166 valence electrons. The van der Waals surface area contributed by atoms with Crippen molar-refractivity contribution in [1.82, 2.24) is 9.88 Å². The van der Waals surface area contributed by atoms with E-state index in [0.29, 0.717) is 19.1 Å². The minimum atomic E-state index is -0.0685. The van der Waals surface area contributed by atoms with Crippen LogP contribution in [0.5, 0.6) is 0 Å². The molecule has 2 aromatic carbocycles. The molecule has 1 aromatic heterocycles. The molecule has 4 rings (SSSR count). The third-order valence-corrected chi connectivity index (χ3v) is 6.43. The van der Waals surface area contributed by atoms with E-state index in [-0.39, 0.29) is 11.8 Å². The molecule has 0 aliphatic carbocycles. The van der Waals surface area contributed by atoms with Gasteiger partial charge >= 0.3 is 0 Å². The second-order valence-electron chi connectivity index (χ2n) is 8.77. The summed E-state index contributed by atoms with van der Waals surface area (Å²) in [6.45, 7) is 4.96. The maximum atomic E-state index is 12.9. The van der Waals surface area contributed by atoms with Crippen molar-refractivity contribution < 1.29 is 9.53 Å². The lowest BCUT2D eigenvalue weighted by Crippen LogP contribution is -2.40. The molecular formula is C28H32N2O2. The van der Waals surface area contributed by atoms with Crippen molar-refractivity contribution in [1.29, 1.82) is 0 Å². The molecule has 1 fully saturated rings. The molecule has 1 atom stereocenters. The fraction of sp³-hybridized carbons (Fsp3) is 0.357. The molecule has 1 aliphatic rings. The van der Waals surface area contributed by atoms with E-state index >= 15 is 0 Å². The molecule has 32 heavy (non-hydrogen) atoms. The fourth-order valence-corrected chi connectivity index (χ4v) is 4.39. The third kappa shape index (κ3) is 6.04. The monoisotopic (exact) mass is 428 g/mol. The van der Waals surface area contributed by atoms with Crippen LogP contribution < -0.4 is 0 Å². The lowest BCUT2D eigenvalue weighted by Gasteiger charge is -2.34. The average molecular weight is 429 g/mol. The number of hydrogen-bond donors (Lipinski definition) is 0. The number of carbonyl (C=O) groups is 1. The van der Waals surface area contributed by atoms with Gasteiger partial charge in [0.25, 0.3) is 0 Å². The van der Waals surface area contributed by atoms with E-state index in [0.717, 1.165) is 43.5 Å². The van der Waals surface area contributed by atoms with Gasteiger partial charge in [-0.25, -0.2) is 0 Å². The second-order valence-corrected chi connectivity index (χ2v) is 8.77. The Bertz CT molecular complexity index is 965. The summed E-state index contributed by atoms with van der Waals surface area (Å²) >= 11 is 0. The van der Waals surface area contributed by atoms with Crippen molar-refractivity contribution in [2.24, 2.45) is 5.92 Å². The van der Waals surface area contributed by atoms with Crippen LogP contribution in [0, 0.1) is 5.92 Å². The molecule has 1 amide bonds. The fourth-order valence-electron chi connectivity index (χ4n) is 4.39. The van der Waals surface area contributed by atoms with Crippen LogP contribution in [0.2, 0.25) is 0 Å². The predicted octanol–water partition coefficient (Wildman–Crippen LogP) is 5.38. The van der Waals surface area contributed by atoms with Gasteiger partial charge in [0.05, 0.1) is 19.1 Å². The van der Waals surface area contributed by atoms with Crippen molar-refractivity contribution in [3.63, 3.8) is 0 Å². The minimum absolute atomic E-state index is 0.0685. The highest BCUT2D eigenvalue weighted by atomic mass is 16.5. The third-order valence-electron chi connectivity index (χ3n) is 6.43. The summed E-state index contributed by atoms with van der Waals surface area (Å²) in [4.78, 5) is 19.0. The highest BCUT2D eigenvalue weighted by Crippen LogP contribution is 2.25. The number of ether oxygens (including phenoxy) is 1. The average Bonchev–Trinajstić information content (AvgIpc) is 2.86. The number of pyridine rings is 1. The van der Waals surface area contributed by atoms with E-state index in [1.165, 1.54) is 11.1 Å². The van der Waals surface area contributed by atoms with Crippen LogP contribution >= 0.6 is 0 Å². The Morgan fingerprint density at radius 1 is 0.906 bits per heavy atom. The SMILES string of the molecule is CC(C(=O)N1CCC(Cc2ccc(COCc3ccncc3)cc2)CC1)c1ccccc1. The number of benzene rings is 2. The van der Waals surface area contributed by atoms with Gasteiger partial charge in [-0.2, -0.15) is 0 Å². The minimum Gasteiger partial charge on any atom is -0.372 e. The number of likely N-dealkylation sites (tertiary alicyclic amines) is 1. The molecule has 0 spiro atoms. The van der Waals surface area contributed by atoms with Gasteiger partial charge < -0.3 is 9.64 Å². The lowest BCUT2D eigenvalue weighted by atomic mass is 9.89. The predicted molar refractivity (Wildman–Crippen MR) is 127 cm³/mol. The van der Waals surface area contributed by atoms with Gasteiger partial charge in [-0.3, -0.25) is 9.78 Å². The normalized spacial score (nSPS) is 15.5. The Morgan fingerprint density at radius 2 is 1.50 bits per heavy atom. The first-order valence-electron chi connectivity index (χ1n) is 11.6. The molecule has 4 heteroatoms. The molecule has 3 aromatic rings. The van der Waals surface area contributed by atoms with E-state index in [2.05, 4.69) is 34.1 Å². The summed E-state index contributed by atoms with van der Waals surface area (Å²) < 4.78 is 5.82. The smallest absolute Gasteiger partial charge is 0.229 e. The zero-order valence-electron chi connectivity index (χ0n) is 18.8. The van der Waals surface area contributed by atoms with Gasteiger partial charge in [-0.05, 0) is 66.5 Å². The standard InChI is InChI=1S/C28H32N2O2/c1-22(27-5-3-2-4-6-27)28(31)30-17-13-24(14-18-30)19-23-7-9-25(10-8-23)20-32-21-26-11-15-29-16-12-26/h2-12,15-16,22,24H,13-14,17-21H2,1H3. The Balaban J connectivity index is 1.20. The summed E-state index contributed by atoms with van der Waals surface area (Å²) in [7, 11) is 0. The van der Waals surface area contributed by atoms with E-state index in [4.69, 9.17) is 4.74 Å². The van der Waals surface area contributed by atoms with E-state index < -0.39 is 0 Å². The molecule has 0 radical (unpaired) electrons. The molecule has 0 N–H and O–H groups in total. The van der Waals surface area contributed by atoms with Crippen LogP contribution in [0.4, 0.5) is 0 Å². The Hall–Kier alpha value is -2.98. The molecule has 1 unspecified atom stereocenters. The molecule has 1 aliphatic heterocycles. The van der Waals surface area contributed by atoms with Crippen LogP contribution in [0.15, 0.2) is 79.1 Å². The quantitative estimate of drug-likeness (QED) is 0.484. The summed E-state index contributed by atoms with van der Waals surface area (Å²) in [5, 5.41) is 0. The van der Waals surface area contributed by atoms with Crippen LogP contribution in [-0.4, -0.2) is 28.9 Å². The van der Waals surface area contributed by atoms with Crippen molar-refractivity contribution in [3.05, 3.63) is 101 Å². The van der Waals surface area contributed by atoms with Gasteiger partial charge in [0.2, 0.25) is 5.91 Å². The maximum Gasteiger partial charge on any atom is 0.229 e. The van der Waals surface area contributed by atoms with E-state index in [1.54, 1.807) is 12.4 Å². The molecule has 2 heterocycles. The lowest BCUT2D eigenvalue weighted by molar-refractivity contribution is -0.133. The number of aromatic nitrogens is 1. The molecule has 0 saturated carbocycles. The number of carbonyl (C=O) groups excluding carboxylic acids is 1. The largest absolute Gasteiger partial charge is 0.372 e. The van der Waals surface area contributed by atoms with Gasteiger partial charge in [0.15, 0.2) is 0 Å². The Kier molecular flexibility index (Phi) is 7.68. The van der Waals surface area contributed by atoms with Gasteiger partial charge in [-0.1, -0.05) is 54.6 Å². The van der Waals surface area contributed by atoms with Crippen molar-refractivity contribution >= 4 is 5.91 Å². The topological polar surface area (TPSA) is 42.4 Å². The van der Waals surface area contributed by atoms with Gasteiger partial charge in [0, 0.05) is 25.5 Å². The first-order chi connectivity index (χ1) is 15.7. The highest BCUT2D eigenvalue weighted by molar-refractivity contribution is 5.83. The number of nitrogens with zero attached hydrogens (tertiary/aromatic N) is 2. The van der Waals surface area contributed by atoms with E-state index in [1.807, 2.05) is 49.4 Å². The Labute approximate surface area is 191 Å². The highest BCUT2D eigenvalue weighted by Gasteiger charge is 2.26.